The molecule has 0 fully saturated rings. The van der Waals surface area contributed by atoms with Gasteiger partial charge in [-0.1, -0.05) is 6.92 Å². The summed E-state index contributed by atoms with van der Waals surface area (Å²) >= 11 is 0. The Morgan fingerprint density at radius 2 is 1.88 bits per heavy atom. The summed E-state index contributed by atoms with van der Waals surface area (Å²) in [4.78, 5) is 11.2. The third-order valence-corrected chi connectivity index (χ3v) is 2.22. The van der Waals surface area contributed by atoms with Crippen LogP contribution in [-0.4, -0.2) is 19.1 Å². The van der Waals surface area contributed by atoms with Crippen LogP contribution < -0.4 is 5.32 Å². The molecule has 0 aromatic heterocycles. The van der Waals surface area contributed by atoms with Gasteiger partial charge in [0.15, 0.2) is 11.6 Å². The molecule has 0 radical (unpaired) electrons. The molecule has 1 atom stereocenters. The van der Waals surface area contributed by atoms with Crippen molar-refractivity contribution in [1.82, 2.24) is 0 Å². The Labute approximate surface area is 96.6 Å². The van der Waals surface area contributed by atoms with Gasteiger partial charge >= 0.3 is 5.97 Å². The number of halogens is 3. The molecule has 6 heteroatoms. The van der Waals surface area contributed by atoms with Gasteiger partial charge in [-0.05, 0) is 6.42 Å². The maximum absolute atomic E-state index is 13.3. The molecule has 0 bridgehead atoms. The van der Waals surface area contributed by atoms with Crippen LogP contribution in [0.25, 0.3) is 0 Å². The third-order valence-electron chi connectivity index (χ3n) is 2.22. The van der Waals surface area contributed by atoms with E-state index in [0.717, 1.165) is 0 Å². The van der Waals surface area contributed by atoms with Crippen molar-refractivity contribution in [2.75, 3.05) is 12.4 Å². The minimum absolute atomic E-state index is 0.281. The van der Waals surface area contributed by atoms with Crippen molar-refractivity contribution < 1.29 is 22.7 Å². The van der Waals surface area contributed by atoms with Crippen molar-refractivity contribution in [3.8, 4) is 0 Å². The highest BCUT2D eigenvalue weighted by atomic mass is 19.1. The van der Waals surface area contributed by atoms with Gasteiger partial charge in [-0.3, -0.25) is 0 Å². The van der Waals surface area contributed by atoms with Crippen LogP contribution in [0, 0.1) is 17.5 Å². The highest BCUT2D eigenvalue weighted by Crippen LogP contribution is 2.21. The second-order valence-electron chi connectivity index (χ2n) is 3.37. The average molecular weight is 247 g/mol. The molecule has 1 aromatic carbocycles. The molecule has 1 rings (SSSR count). The topological polar surface area (TPSA) is 38.3 Å². The van der Waals surface area contributed by atoms with Gasteiger partial charge in [0.2, 0.25) is 0 Å². The quantitative estimate of drug-likeness (QED) is 0.830. The van der Waals surface area contributed by atoms with Gasteiger partial charge in [-0.2, -0.15) is 0 Å². The maximum Gasteiger partial charge on any atom is 0.328 e. The third kappa shape index (κ3) is 3.12. The van der Waals surface area contributed by atoms with Crippen LogP contribution in [0.3, 0.4) is 0 Å². The fraction of sp³-hybridized carbons (Fsp3) is 0.364. The lowest BCUT2D eigenvalue weighted by Crippen LogP contribution is -2.30. The van der Waals surface area contributed by atoms with E-state index in [1.165, 1.54) is 7.11 Å². The van der Waals surface area contributed by atoms with Crippen molar-refractivity contribution in [3.63, 3.8) is 0 Å². The van der Waals surface area contributed by atoms with E-state index in [0.29, 0.717) is 12.1 Å². The molecule has 0 saturated carbocycles. The number of anilines is 1. The zero-order chi connectivity index (χ0) is 13.0. The summed E-state index contributed by atoms with van der Waals surface area (Å²) in [7, 11) is 1.17. The van der Waals surface area contributed by atoms with E-state index >= 15 is 0 Å². The maximum atomic E-state index is 13.3. The molecule has 0 amide bonds. The van der Waals surface area contributed by atoms with E-state index in [9.17, 15) is 18.0 Å². The first-order chi connectivity index (χ1) is 7.99. The van der Waals surface area contributed by atoms with Gasteiger partial charge in [0.25, 0.3) is 0 Å². The van der Waals surface area contributed by atoms with Crippen LogP contribution in [0.5, 0.6) is 0 Å². The van der Waals surface area contributed by atoms with Gasteiger partial charge in [0, 0.05) is 12.1 Å². The van der Waals surface area contributed by atoms with Crippen LogP contribution in [0.1, 0.15) is 13.3 Å². The number of hydrogen-bond acceptors (Lipinski definition) is 3. The number of hydrogen-bond donors (Lipinski definition) is 1. The van der Waals surface area contributed by atoms with Gasteiger partial charge in [-0.15, -0.1) is 0 Å². The number of carbonyl (C=O) groups excluding carboxylic acids is 1. The molecule has 94 valence electrons. The SMILES string of the molecule is CCC(Nc1c(F)cc(F)cc1F)C(=O)OC. The fourth-order valence-electron chi connectivity index (χ4n) is 1.32. The average Bonchev–Trinajstić information content (AvgIpc) is 2.27. The number of methoxy groups -OCH3 is 1. The first-order valence-corrected chi connectivity index (χ1v) is 4.98. The lowest BCUT2D eigenvalue weighted by molar-refractivity contribution is -0.141. The fourth-order valence-corrected chi connectivity index (χ4v) is 1.32. The molecule has 0 aliphatic carbocycles. The zero-order valence-electron chi connectivity index (χ0n) is 9.39. The summed E-state index contributed by atoms with van der Waals surface area (Å²) in [5, 5.41) is 2.35. The summed E-state index contributed by atoms with van der Waals surface area (Å²) in [6.45, 7) is 1.65. The van der Waals surface area contributed by atoms with E-state index < -0.39 is 35.2 Å². The van der Waals surface area contributed by atoms with Crippen molar-refractivity contribution >= 4 is 11.7 Å². The number of benzene rings is 1. The normalized spacial score (nSPS) is 12.1. The van der Waals surface area contributed by atoms with Gasteiger partial charge in [0.05, 0.1) is 7.11 Å². The minimum Gasteiger partial charge on any atom is -0.467 e. The number of ether oxygens (including phenoxy) is 1. The molecular formula is C11H12F3NO2. The Kier molecular flexibility index (Phi) is 4.37. The predicted octanol–water partition coefficient (Wildman–Crippen LogP) is 2.47. The number of rotatable bonds is 4. The van der Waals surface area contributed by atoms with Gasteiger partial charge in [0.1, 0.15) is 17.5 Å². The second-order valence-corrected chi connectivity index (χ2v) is 3.37. The first kappa shape index (κ1) is 13.3. The molecule has 0 saturated heterocycles. The number of esters is 1. The number of nitrogens with one attached hydrogen (secondary N) is 1. The summed E-state index contributed by atoms with van der Waals surface area (Å²) < 4.78 is 43.7. The van der Waals surface area contributed by atoms with Crippen molar-refractivity contribution in [3.05, 3.63) is 29.6 Å². The monoisotopic (exact) mass is 247 g/mol. The van der Waals surface area contributed by atoms with Crippen LogP contribution in [-0.2, 0) is 9.53 Å². The van der Waals surface area contributed by atoms with Crippen LogP contribution in [0.4, 0.5) is 18.9 Å². The lowest BCUT2D eigenvalue weighted by Gasteiger charge is -2.16. The van der Waals surface area contributed by atoms with Crippen molar-refractivity contribution in [2.45, 2.75) is 19.4 Å². The molecule has 17 heavy (non-hydrogen) atoms. The van der Waals surface area contributed by atoms with E-state index in [1.54, 1.807) is 6.92 Å². The summed E-state index contributed by atoms with van der Waals surface area (Å²) in [5.74, 6) is -3.85. The standard InChI is InChI=1S/C11H12F3NO2/c1-3-9(11(16)17-2)15-10-7(13)4-6(12)5-8(10)14/h4-5,9,15H,3H2,1-2H3. The molecule has 0 aliphatic rings. The molecule has 0 heterocycles. The summed E-state index contributed by atoms with van der Waals surface area (Å²) in [6.07, 6.45) is 0.281. The van der Waals surface area contributed by atoms with E-state index in [4.69, 9.17) is 0 Å². The molecule has 0 aliphatic heterocycles. The Morgan fingerprint density at radius 3 is 2.29 bits per heavy atom. The van der Waals surface area contributed by atoms with Gasteiger partial charge in [-0.25, -0.2) is 18.0 Å². The van der Waals surface area contributed by atoms with E-state index in [1.807, 2.05) is 0 Å². The van der Waals surface area contributed by atoms with Crippen LogP contribution in [0.2, 0.25) is 0 Å². The first-order valence-electron chi connectivity index (χ1n) is 4.98. The second kappa shape index (κ2) is 5.56. The zero-order valence-corrected chi connectivity index (χ0v) is 9.39. The van der Waals surface area contributed by atoms with Crippen LogP contribution >= 0.6 is 0 Å². The summed E-state index contributed by atoms with van der Waals surface area (Å²) in [5.41, 5.74) is -0.538. The molecule has 1 aromatic rings. The van der Waals surface area contributed by atoms with Crippen LogP contribution in [0.15, 0.2) is 12.1 Å². The van der Waals surface area contributed by atoms with E-state index in [-0.39, 0.29) is 6.42 Å². The van der Waals surface area contributed by atoms with Gasteiger partial charge < -0.3 is 10.1 Å². The Bertz CT molecular complexity index is 400. The lowest BCUT2D eigenvalue weighted by atomic mass is 10.2. The molecule has 0 spiro atoms. The Balaban J connectivity index is 2.98. The highest BCUT2D eigenvalue weighted by Gasteiger charge is 2.20. The molecule has 1 unspecified atom stereocenters. The highest BCUT2D eigenvalue weighted by molar-refractivity contribution is 5.79. The smallest absolute Gasteiger partial charge is 0.328 e. The minimum atomic E-state index is -1.09. The Hall–Kier alpha value is -1.72. The Morgan fingerprint density at radius 1 is 1.35 bits per heavy atom. The van der Waals surface area contributed by atoms with E-state index in [2.05, 4.69) is 10.1 Å². The summed E-state index contributed by atoms with van der Waals surface area (Å²) in [6, 6.07) is 0.194. The molecule has 1 N–H and O–H groups in total. The molecular weight excluding hydrogens is 235 g/mol. The number of carbonyl (C=O) groups is 1. The van der Waals surface area contributed by atoms with Crippen molar-refractivity contribution in [2.24, 2.45) is 0 Å². The largest absolute Gasteiger partial charge is 0.467 e. The van der Waals surface area contributed by atoms with Crippen molar-refractivity contribution in [1.29, 1.82) is 0 Å². The molecule has 3 nitrogen and oxygen atoms in total. The predicted molar refractivity (Wildman–Crippen MR) is 56.0 cm³/mol.